The van der Waals surface area contributed by atoms with E-state index in [1.54, 1.807) is 0 Å². The summed E-state index contributed by atoms with van der Waals surface area (Å²) in [6, 6.07) is 0. The SMILES string of the molecule is CC1(C(=O)NCC2CCOC2)CCCNC1. The van der Waals surface area contributed by atoms with Crippen LogP contribution in [0.2, 0.25) is 0 Å². The minimum absolute atomic E-state index is 0.201. The highest BCUT2D eigenvalue weighted by atomic mass is 16.5. The van der Waals surface area contributed by atoms with Crippen LogP contribution in [0.3, 0.4) is 0 Å². The first kappa shape index (κ1) is 11.9. The van der Waals surface area contributed by atoms with E-state index in [4.69, 9.17) is 4.74 Å². The van der Waals surface area contributed by atoms with Crippen LogP contribution in [-0.4, -0.2) is 38.8 Å². The maximum absolute atomic E-state index is 12.1. The number of carbonyl (C=O) groups excluding carboxylic acids is 1. The Morgan fingerprint density at radius 2 is 2.50 bits per heavy atom. The molecule has 2 aliphatic heterocycles. The van der Waals surface area contributed by atoms with Crippen molar-refractivity contribution >= 4 is 5.91 Å². The molecule has 0 aromatic heterocycles. The molecule has 2 rings (SSSR count). The number of ether oxygens (including phenoxy) is 1. The van der Waals surface area contributed by atoms with Gasteiger partial charge in [-0.15, -0.1) is 0 Å². The number of carbonyl (C=O) groups is 1. The van der Waals surface area contributed by atoms with Crippen molar-refractivity contribution in [2.24, 2.45) is 11.3 Å². The molecule has 2 fully saturated rings. The summed E-state index contributed by atoms with van der Waals surface area (Å²) in [5.41, 5.74) is -0.211. The highest BCUT2D eigenvalue weighted by Gasteiger charge is 2.34. The van der Waals surface area contributed by atoms with Gasteiger partial charge in [-0.2, -0.15) is 0 Å². The van der Waals surface area contributed by atoms with E-state index in [2.05, 4.69) is 17.6 Å². The normalized spacial score (nSPS) is 34.9. The van der Waals surface area contributed by atoms with Crippen molar-refractivity contribution in [3.05, 3.63) is 0 Å². The average molecular weight is 226 g/mol. The Balaban J connectivity index is 1.77. The Kier molecular flexibility index (Phi) is 3.82. The summed E-state index contributed by atoms with van der Waals surface area (Å²) in [6.07, 6.45) is 3.17. The smallest absolute Gasteiger partial charge is 0.227 e. The van der Waals surface area contributed by atoms with E-state index >= 15 is 0 Å². The molecule has 2 aliphatic rings. The molecular formula is C12H22N2O2. The van der Waals surface area contributed by atoms with E-state index in [9.17, 15) is 4.79 Å². The van der Waals surface area contributed by atoms with E-state index in [0.29, 0.717) is 5.92 Å². The van der Waals surface area contributed by atoms with Crippen LogP contribution in [0.5, 0.6) is 0 Å². The Bertz CT molecular complexity index is 243. The van der Waals surface area contributed by atoms with Crippen LogP contribution in [0.1, 0.15) is 26.2 Å². The van der Waals surface area contributed by atoms with Gasteiger partial charge in [0.2, 0.25) is 5.91 Å². The van der Waals surface area contributed by atoms with E-state index in [1.165, 1.54) is 0 Å². The molecule has 4 heteroatoms. The molecule has 0 aromatic rings. The fourth-order valence-corrected chi connectivity index (χ4v) is 2.44. The summed E-state index contributed by atoms with van der Waals surface area (Å²) in [5.74, 6) is 0.718. The van der Waals surface area contributed by atoms with Gasteiger partial charge in [0.25, 0.3) is 0 Å². The van der Waals surface area contributed by atoms with E-state index in [0.717, 1.165) is 52.1 Å². The molecule has 92 valence electrons. The lowest BCUT2D eigenvalue weighted by atomic mass is 9.82. The van der Waals surface area contributed by atoms with Crippen molar-refractivity contribution in [3.63, 3.8) is 0 Å². The third-order valence-corrected chi connectivity index (χ3v) is 3.72. The number of hydrogen-bond donors (Lipinski definition) is 2. The van der Waals surface area contributed by atoms with Crippen LogP contribution in [-0.2, 0) is 9.53 Å². The minimum Gasteiger partial charge on any atom is -0.381 e. The number of nitrogens with one attached hydrogen (secondary N) is 2. The predicted octanol–water partition coefficient (Wildman–Crippen LogP) is 0.529. The standard InChI is InChI=1S/C12H22N2O2/c1-12(4-2-5-13-9-12)11(15)14-7-10-3-6-16-8-10/h10,13H,2-9H2,1H3,(H,14,15). The highest BCUT2D eigenvalue weighted by Crippen LogP contribution is 2.25. The van der Waals surface area contributed by atoms with Crippen molar-refractivity contribution in [1.29, 1.82) is 0 Å². The van der Waals surface area contributed by atoms with Gasteiger partial charge in [0.15, 0.2) is 0 Å². The lowest BCUT2D eigenvalue weighted by molar-refractivity contribution is -0.131. The van der Waals surface area contributed by atoms with Crippen LogP contribution < -0.4 is 10.6 Å². The molecule has 0 bridgehead atoms. The summed E-state index contributed by atoms with van der Waals surface area (Å²) in [5, 5.41) is 6.37. The molecule has 2 atom stereocenters. The molecular weight excluding hydrogens is 204 g/mol. The Morgan fingerprint density at radius 1 is 1.62 bits per heavy atom. The van der Waals surface area contributed by atoms with Crippen LogP contribution in [0.15, 0.2) is 0 Å². The summed E-state index contributed by atoms with van der Waals surface area (Å²) >= 11 is 0. The van der Waals surface area contributed by atoms with Crippen molar-refractivity contribution in [2.75, 3.05) is 32.8 Å². The third-order valence-electron chi connectivity index (χ3n) is 3.72. The van der Waals surface area contributed by atoms with Crippen LogP contribution in [0.4, 0.5) is 0 Å². The van der Waals surface area contributed by atoms with Crippen molar-refractivity contribution in [3.8, 4) is 0 Å². The maximum atomic E-state index is 12.1. The molecule has 2 N–H and O–H groups in total. The number of rotatable bonds is 3. The number of amides is 1. The average Bonchev–Trinajstić information content (AvgIpc) is 2.79. The van der Waals surface area contributed by atoms with Gasteiger partial charge in [0, 0.05) is 25.6 Å². The molecule has 0 aromatic carbocycles. The van der Waals surface area contributed by atoms with Crippen molar-refractivity contribution in [2.45, 2.75) is 26.2 Å². The largest absolute Gasteiger partial charge is 0.381 e. The molecule has 0 saturated carbocycles. The summed E-state index contributed by atoms with van der Waals surface area (Å²) < 4.78 is 5.30. The number of piperidine rings is 1. The molecule has 2 saturated heterocycles. The lowest BCUT2D eigenvalue weighted by Crippen LogP contribution is -2.49. The predicted molar refractivity (Wildman–Crippen MR) is 62.1 cm³/mol. The third kappa shape index (κ3) is 2.74. The van der Waals surface area contributed by atoms with Gasteiger partial charge in [-0.25, -0.2) is 0 Å². The molecule has 0 spiro atoms. The van der Waals surface area contributed by atoms with Gasteiger partial charge >= 0.3 is 0 Å². The second-order valence-electron chi connectivity index (χ2n) is 5.28. The zero-order valence-corrected chi connectivity index (χ0v) is 10.1. The molecule has 4 nitrogen and oxygen atoms in total. The fourth-order valence-electron chi connectivity index (χ4n) is 2.44. The molecule has 2 heterocycles. The van der Waals surface area contributed by atoms with E-state index in [1.807, 2.05) is 0 Å². The van der Waals surface area contributed by atoms with Crippen LogP contribution in [0.25, 0.3) is 0 Å². The second-order valence-corrected chi connectivity index (χ2v) is 5.28. The number of hydrogen-bond acceptors (Lipinski definition) is 3. The molecule has 1 amide bonds. The van der Waals surface area contributed by atoms with Crippen molar-refractivity contribution < 1.29 is 9.53 Å². The molecule has 2 unspecified atom stereocenters. The van der Waals surface area contributed by atoms with Gasteiger partial charge in [0.1, 0.15) is 0 Å². The maximum Gasteiger partial charge on any atom is 0.227 e. The Labute approximate surface area is 97.1 Å². The van der Waals surface area contributed by atoms with E-state index in [-0.39, 0.29) is 11.3 Å². The fraction of sp³-hybridized carbons (Fsp3) is 0.917. The monoisotopic (exact) mass is 226 g/mol. The van der Waals surface area contributed by atoms with Gasteiger partial charge in [-0.3, -0.25) is 4.79 Å². The zero-order chi connectivity index (χ0) is 11.4. The summed E-state index contributed by atoms with van der Waals surface area (Å²) in [6.45, 7) is 6.32. The van der Waals surface area contributed by atoms with Crippen LogP contribution in [0, 0.1) is 11.3 Å². The van der Waals surface area contributed by atoms with Gasteiger partial charge in [-0.1, -0.05) is 0 Å². The first-order valence-corrected chi connectivity index (χ1v) is 6.27. The minimum atomic E-state index is -0.211. The quantitative estimate of drug-likeness (QED) is 0.738. The summed E-state index contributed by atoms with van der Waals surface area (Å²) in [7, 11) is 0. The van der Waals surface area contributed by atoms with Crippen LogP contribution >= 0.6 is 0 Å². The molecule has 0 aliphatic carbocycles. The Hall–Kier alpha value is -0.610. The van der Waals surface area contributed by atoms with Crippen molar-refractivity contribution in [1.82, 2.24) is 10.6 Å². The first-order chi connectivity index (χ1) is 7.71. The van der Waals surface area contributed by atoms with Gasteiger partial charge < -0.3 is 15.4 Å². The molecule has 16 heavy (non-hydrogen) atoms. The highest BCUT2D eigenvalue weighted by molar-refractivity contribution is 5.82. The van der Waals surface area contributed by atoms with Gasteiger partial charge in [0.05, 0.1) is 12.0 Å². The second kappa shape index (κ2) is 5.15. The van der Waals surface area contributed by atoms with E-state index < -0.39 is 0 Å². The molecule has 0 radical (unpaired) electrons. The first-order valence-electron chi connectivity index (χ1n) is 6.27. The Morgan fingerprint density at radius 3 is 3.12 bits per heavy atom. The zero-order valence-electron chi connectivity index (χ0n) is 10.1. The summed E-state index contributed by atoms with van der Waals surface area (Å²) in [4.78, 5) is 12.1. The van der Waals surface area contributed by atoms with Gasteiger partial charge in [-0.05, 0) is 32.7 Å². The lowest BCUT2D eigenvalue weighted by Gasteiger charge is -2.32. The topological polar surface area (TPSA) is 50.4 Å².